The van der Waals surface area contributed by atoms with Gasteiger partial charge in [0.25, 0.3) is 0 Å². The molecule has 22 heavy (non-hydrogen) atoms. The van der Waals surface area contributed by atoms with Crippen molar-refractivity contribution in [2.24, 2.45) is 0 Å². The molecule has 6 heteroatoms. The minimum absolute atomic E-state index is 0. The van der Waals surface area contributed by atoms with Crippen molar-refractivity contribution in [2.75, 3.05) is 13.6 Å². The molecule has 1 aromatic carbocycles. The summed E-state index contributed by atoms with van der Waals surface area (Å²) < 4.78 is 0. The Kier molecular flexibility index (Phi) is 21.8. The molecule has 2 rings (SSSR count). The Labute approximate surface area is 224 Å². The maximum absolute atomic E-state index is 12.1. The van der Waals surface area contributed by atoms with Crippen molar-refractivity contribution in [3.05, 3.63) is 53.7 Å². The molecule has 1 aliphatic heterocycles. The second-order valence-corrected chi connectivity index (χ2v) is 4.29. The molecular weight excluding hydrogens is 594 g/mol. The van der Waals surface area contributed by atoms with E-state index in [0.717, 1.165) is 36.1 Å². The fourth-order valence-electron chi connectivity index (χ4n) is 2.01. The molecule has 0 N–H and O–H groups in total. The van der Waals surface area contributed by atoms with E-state index in [1.807, 2.05) is 45.6 Å². The summed E-state index contributed by atoms with van der Waals surface area (Å²) in [5, 5.41) is 4.04. The molecule has 0 saturated heterocycles. The van der Waals surface area contributed by atoms with E-state index in [0.29, 0.717) is 6.54 Å². The van der Waals surface area contributed by atoms with Crippen LogP contribution in [0.25, 0.3) is 5.32 Å². The van der Waals surface area contributed by atoms with E-state index in [1.54, 1.807) is 4.90 Å². The number of carbonyl (C=O) groups excluding carboxylic acids is 1. The zero-order valence-electron chi connectivity index (χ0n) is 14.1. The summed E-state index contributed by atoms with van der Waals surface area (Å²) in [6.07, 6.45) is 1.89. The van der Waals surface area contributed by atoms with Gasteiger partial charge in [0.05, 0.1) is 0 Å². The van der Waals surface area contributed by atoms with Gasteiger partial charge in [-0.2, -0.15) is 44.6 Å². The molecule has 0 spiro atoms. The van der Waals surface area contributed by atoms with Crippen molar-refractivity contribution < 1.29 is 117 Å². The van der Waals surface area contributed by atoms with E-state index in [1.165, 1.54) is 0 Å². The number of rotatable bonds is 5. The van der Waals surface area contributed by atoms with Crippen molar-refractivity contribution in [1.82, 2.24) is 4.90 Å². The van der Waals surface area contributed by atoms with E-state index in [4.69, 9.17) is 0 Å². The van der Waals surface area contributed by atoms with Crippen LogP contribution in [0.1, 0.15) is 48.2 Å². The smallest absolute Gasteiger partial charge is 0.665 e. The summed E-state index contributed by atoms with van der Waals surface area (Å²) in [5.74, 6) is 0.0962. The fourth-order valence-corrected chi connectivity index (χ4v) is 2.01. The van der Waals surface area contributed by atoms with Crippen LogP contribution in [-0.2, 0) is 60.3 Å². The van der Waals surface area contributed by atoms with Crippen LogP contribution in [0.2, 0.25) is 0 Å². The molecule has 0 aliphatic carbocycles. The van der Waals surface area contributed by atoms with E-state index in [-0.39, 0.29) is 118 Å². The Morgan fingerprint density at radius 3 is 2.59 bits per heavy atom. The van der Waals surface area contributed by atoms with E-state index in [9.17, 15) is 4.79 Å². The second kappa shape index (κ2) is 16.6. The van der Waals surface area contributed by atoms with Crippen LogP contribution in [0.3, 0.4) is 0 Å². The van der Waals surface area contributed by atoms with Gasteiger partial charge in [-0.3, -0.25) is 4.79 Å². The number of hydrogen-bond donors (Lipinski definition) is 0. The van der Waals surface area contributed by atoms with Crippen molar-refractivity contribution >= 4 is 5.91 Å². The average Bonchev–Trinajstić information content (AvgIpc) is 2.74. The minimum atomic E-state index is 0. The van der Waals surface area contributed by atoms with Gasteiger partial charge >= 0.3 is 58.2 Å². The van der Waals surface area contributed by atoms with Crippen LogP contribution >= 0.6 is 0 Å². The van der Waals surface area contributed by atoms with E-state index in [2.05, 4.69) is 12.2 Å². The van der Waals surface area contributed by atoms with Crippen molar-refractivity contribution in [3.8, 4) is 0 Å². The molecule has 1 amide bonds. The molecule has 1 radical (unpaired) electrons. The van der Waals surface area contributed by atoms with E-state index < -0.39 is 0 Å². The Morgan fingerprint density at radius 1 is 1.36 bits per heavy atom. The van der Waals surface area contributed by atoms with Crippen molar-refractivity contribution in [3.63, 3.8) is 0 Å². The van der Waals surface area contributed by atoms with Crippen LogP contribution < -0.4 is 58.2 Å². The summed E-state index contributed by atoms with van der Waals surface area (Å²) in [4.78, 5) is 13.8. The third kappa shape index (κ3) is 8.99. The number of unbranched alkanes of at least 4 members (excludes halogenated alkanes) is 1. The molecule has 115 valence electrons. The Bertz CT molecular complexity index is 433. The Balaban J connectivity index is -0.000000693. The van der Waals surface area contributed by atoms with Gasteiger partial charge < -0.3 is 10.2 Å². The first-order valence-electron chi connectivity index (χ1n) is 6.87. The van der Waals surface area contributed by atoms with Gasteiger partial charge in [-0.1, -0.05) is 20.3 Å². The first-order valence-corrected chi connectivity index (χ1v) is 6.87. The number of benzene rings is 1. The summed E-state index contributed by atoms with van der Waals surface area (Å²) >= 11 is 0. The van der Waals surface area contributed by atoms with Crippen LogP contribution in [0.4, 0.5) is 0 Å². The zero-order chi connectivity index (χ0) is 14.3. The van der Waals surface area contributed by atoms with Crippen molar-refractivity contribution in [2.45, 2.75) is 33.2 Å². The normalized spacial score (nSPS) is 11.2. The van der Waals surface area contributed by atoms with Gasteiger partial charge in [0.2, 0.25) is 5.91 Å². The third-order valence-corrected chi connectivity index (χ3v) is 2.94. The maximum Gasteiger partial charge on any atom is 1.00 e. The molecule has 1 aliphatic rings. The average molecular weight is 618 g/mol. The van der Waals surface area contributed by atoms with E-state index >= 15 is 0 Å². The number of fused-ring (bicyclic) bond motifs is 1. The van der Waals surface area contributed by atoms with Gasteiger partial charge in [-0.05, 0) is 11.1 Å². The SMILES string of the molecule is CC.[CH2-]c1ccc2c(c1)C(=O)N([CH-]CCC[N-]C)C2.[Rb+].[W].[Y]. The van der Waals surface area contributed by atoms with Crippen molar-refractivity contribution in [1.29, 1.82) is 0 Å². The van der Waals surface area contributed by atoms with Gasteiger partial charge in [-0.15, -0.1) is 6.07 Å². The number of amides is 1. The standard InChI is InChI=1S/C14H17N2O.C2H6.Rb.W.Y/c1-11-5-6-12-10-16(8-4-3-7-15-2)14(17)13(12)9-11;1-2;;;/h5-6,8-9H,1,3-4,7,10H2,2H3;1-2H3;;;/q-3;;+1;;. The molecule has 0 aromatic heterocycles. The topological polar surface area (TPSA) is 34.4 Å². The molecule has 0 atom stereocenters. The van der Waals surface area contributed by atoms with Crippen LogP contribution in [0.15, 0.2) is 18.2 Å². The first kappa shape index (κ1) is 28.9. The van der Waals surface area contributed by atoms with Crippen LogP contribution in [0.5, 0.6) is 0 Å². The largest absolute Gasteiger partial charge is 1.00 e. The zero-order valence-corrected chi connectivity index (χ0v) is 24.8. The molecule has 1 heterocycles. The summed E-state index contributed by atoms with van der Waals surface area (Å²) in [5.41, 5.74) is 2.79. The van der Waals surface area contributed by atoms with Gasteiger partial charge in [-0.25, -0.2) is 6.54 Å². The molecule has 0 fully saturated rings. The first-order chi connectivity index (χ1) is 9.22. The monoisotopic (exact) mass is 617 g/mol. The predicted molar refractivity (Wildman–Crippen MR) is 79.8 cm³/mol. The Hall–Kier alpha value is 2.12. The number of nitrogens with zero attached hydrogens (tertiary/aromatic N) is 2. The Morgan fingerprint density at radius 2 is 2.00 bits per heavy atom. The second-order valence-electron chi connectivity index (χ2n) is 4.29. The quantitative estimate of drug-likeness (QED) is 0.356. The molecule has 0 unspecified atom stereocenters. The predicted octanol–water partition coefficient (Wildman–Crippen LogP) is 0.795. The van der Waals surface area contributed by atoms with Gasteiger partial charge in [0.15, 0.2) is 0 Å². The number of carbonyl (C=O) groups is 1. The van der Waals surface area contributed by atoms with Crippen LogP contribution in [0, 0.1) is 13.5 Å². The minimum Gasteiger partial charge on any atom is -0.665 e. The third-order valence-electron chi connectivity index (χ3n) is 2.94. The maximum atomic E-state index is 12.1. The molecule has 0 saturated carbocycles. The summed E-state index contributed by atoms with van der Waals surface area (Å²) in [6, 6.07) is 5.81. The number of hydrogen-bond acceptors (Lipinski definition) is 1. The van der Waals surface area contributed by atoms with Crippen LogP contribution in [-0.4, -0.2) is 24.4 Å². The van der Waals surface area contributed by atoms with Gasteiger partial charge in [0.1, 0.15) is 0 Å². The molecule has 3 nitrogen and oxygen atoms in total. The molecule has 0 bridgehead atoms. The summed E-state index contributed by atoms with van der Waals surface area (Å²) in [6.45, 7) is 11.4. The molecule has 1 aromatic rings. The van der Waals surface area contributed by atoms with Gasteiger partial charge in [0, 0.05) is 60.3 Å². The summed E-state index contributed by atoms with van der Waals surface area (Å²) in [7, 11) is 1.81. The fraction of sp³-hybridized carbons (Fsp3) is 0.438. The molecular formula is C16H23N2ORbWY-2.